The summed E-state index contributed by atoms with van der Waals surface area (Å²) in [7, 11) is 0. The minimum absolute atomic E-state index is 0.149. The van der Waals surface area contributed by atoms with Gasteiger partial charge in [0.25, 0.3) is 5.91 Å². The van der Waals surface area contributed by atoms with Crippen molar-refractivity contribution in [2.24, 2.45) is 0 Å². The highest BCUT2D eigenvalue weighted by atomic mass is 35.5. The fourth-order valence-corrected chi connectivity index (χ4v) is 3.13. The van der Waals surface area contributed by atoms with Gasteiger partial charge in [-0.3, -0.25) is 9.59 Å². The van der Waals surface area contributed by atoms with Gasteiger partial charge in [0.2, 0.25) is 5.91 Å². The Morgan fingerprint density at radius 1 is 1.17 bits per heavy atom. The smallest absolute Gasteiger partial charge is 0.256 e. The zero-order valence-corrected chi connectivity index (χ0v) is 14.4. The Kier molecular flexibility index (Phi) is 4.58. The molecule has 2 aromatic carbocycles. The van der Waals surface area contributed by atoms with Crippen LogP contribution in [0.1, 0.15) is 24.5 Å². The van der Waals surface area contributed by atoms with Gasteiger partial charge in [0.05, 0.1) is 12.1 Å². The Hall–Kier alpha value is -2.33. The number of imide groups is 1. The van der Waals surface area contributed by atoms with Gasteiger partial charge in [0, 0.05) is 10.7 Å². The molecule has 0 aliphatic carbocycles. The predicted octanol–water partition coefficient (Wildman–Crippen LogP) is 3.95. The Labute approximate surface area is 146 Å². The van der Waals surface area contributed by atoms with Gasteiger partial charge in [-0.25, -0.2) is 4.90 Å². The quantitative estimate of drug-likeness (QED) is 0.856. The largest absolute Gasteiger partial charge is 0.373 e. The van der Waals surface area contributed by atoms with Crippen LogP contribution in [-0.4, -0.2) is 17.9 Å². The number of benzene rings is 2. The van der Waals surface area contributed by atoms with Crippen molar-refractivity contribution >= 4 is 34.8 Å². The molecule has 1 fully saturated rings. The van der Waals surface area contributed by atoms with E-state index in [1.165, 1.54) is 10.5 Å². The highest BCUT2D eigenvalue weighted by Gasteiger charge is 2.40. The van der Waals surface area contributed by atoms with Crippen LogP contribution in [0.5, 0.6) is 0 Å². The highest BCUT2D eigenvalue weighted by molar-refractivity contribution is 6.31. The van der Waals surface area contributed by atoms with Crippen LogP contribution >= 0.6 is 11.6 Å². The molecule has 0 bridgehead atoms. The van der Waals surface area contributed by atoms with Crippen LogP contribution in [0.25, 0.3) is 0 Å². The molecule has 0 radical (unpaired) electrons. The van der Waals surface area contributed by atoms with Crippen molar-refractivity contribution in [3.05, 3.63) is 58.6 Å². The maximum Gasteiger partial charge on any atom is 0.256 e. The summed E-state index contributed by atoms with van der Waals surface area (Å²) in [5, 5.41) is 3.75. The van der Waals surface area contributed by atoms with E-state index in [2.05, 4.69) is 12.2 Å². The van der Waals surface area contributed by atoms with Gasteiger partial charge >= 0.3 is 0 Å². The van der Waals surface area contributed by atoms with E-state index in [0.29, 0.717) is 10.7 Å². The zero-order chi connectivity index (χ0) is 17.3. The first kappa shape index (κ1) is 16.5. The maximum absolute atomic E-state index is 12.7. The summed E-state index contributed by atoms with van der Waals surface area (Å²) in [4.78, 5) is 26.3. The number of anilines is 2. The molecule has 4 nitrogen and oxygen atoms in total. The van der Waals surface area contributed by atoms with Crippen LogP contribution < -0.4 is 10.2 Å². The molecule has 1 atom stereocenters. The van der Waals surface area contributed by atoms with Crippen molar-refractivity contribution in [2.75, 3.05) is 10.2 Å². The molecular formula is C19H19ClN2O2. The molecule has 0 saturated carbocycles. The van der Waals surface area contributed by atoms with Gasteiger partial charge in [0.1, 0.15) is 6.04 Å². The first-order chi connectivity index (χ1) is 11.5. The van der Waals surface area contributed by atoms with Crippen molar-refractivity contribution in [1.29, 1.82) is 0 Å². The van der Waals surface area contributed by atoms with E-state index in [9.17, 15) is 9.59 Å². The lowest BCUT2D eigenvalue weighted by Gasteiger charge is -2.18. The lowest BCUT2D eigenvalue weighted by Crippen LogP contribution is -2.35. The lowest BCUT2D eigenvalue weighted by atomic mass is 10.1. The second kappa shape index (κ2) is 6.65. The standard InChI is InChI=1S/C19H19ClN2O2/c1-3-13-4-7-15(8-5-13)21-16-11-18(23)22(19(16)24)17-9-6-14(20)10-12(17)2/h4-10,16,21H,3,11H2,1-2H3/t16-/m0/s1. The maximum atomic E-state index is 12.7. The van der Waals surface area contributed by atoms with E-state index in [1.807, 2.05) is 31.2 Å². The summed E-state index contributed by atoms with van der Waals surface area (Å²) >= 11 is 5.96. The molecule has 0 aromatic heterocycles. The second-order valence-corrected chi connectivity index (χ2v) is 6.39. The van der Waals surface area contributed by atoms with E-state index < -0.39 is 6.04 Å². The zero-order valence-electron chi connectivity index (χ0n) is 13.7. The Bertz CT molecular complexity index is 786. The molecule has 3 rings (SSSR count). The third-order valence-electron chi connectivity index (χ3n) is 4.25. The van der Waals surface area contributed by atoms with Crippen LogP contribution in [0.15, 0.2) is 42.5 Å². The minimum atomic E-state index is -0.542. The van der Waals surface area contributed by atoms with Gasteiger partial charge in [-0.05, 0) is 54.8 Å². The molecule has 5 heteroatoms. The van der Waals surface area contributed by atoms with Gasteiger partial charge < -0.3 is 5.32 Å². The molecule has 2 aromatic rings. The predicted molar refractivity (Wildman–Crippen MR) is 96.5 cm³/mol. The Balaban J connectivity index is 1.80. The fraction of sp³-hybridized carbons (Fsp3) is 0.263. The first-order valence-electron chi connectivity index (χ1n) is 7.98. The van der Waals surface area contributed by atoms with E-state index in [0.717, 1.165) is 17.7 Å². The van der Waals surface area contributed by atoms with E-state index >= 15 is 0 Å². The minimum Gasteiger partial charge on any atom is -0.373 e. The van der Waals surface area contributed by atoms with Crippen LogP contribution in [-0.2, 0) is 16.0 Å². The molecule has 1 aliphatic rings. The summed E-state index contributed by atoms with van der Waals surface area (Å²) in [6.07, 6.45) is 1.11. The summed E-state index contributed by atoms with van der Waals surface area (Å²) < 4.78 is 0. The number of carbonyl (C=O) groups is 2. The first-order valence-corrected chi connectivity index (χ1v) is 8.36. The molecule has 1 aliphatic heterocycles. The van der Waals surface area contributed by atoms with Crippen LogP contribution in [0.2, 0.25) is 5.02 Å². The van der Waals surface area contributed by atoms with Gasteiger partial charge in [0.15, 0.2) is 0 Å². The third-order valence-corrected chi connectivity index (χ3v) is 4.48. The molecule has 0 spiro atoms. The molecule has 24 heavy (non-hydrogen) atoms. The summed E-state index contributed by atoms with van der Waals surface area (Å²) in [5.74, 6) is -0.432. The number of rotatable bonds is 4. The van der Waals surface area contributed by atoms with Crippen molar-refractivity contribution < 1.29 is 9.59 Å². The van der Waals surface area contributed by atoms with Gasteiger partial charge in [-0.2, -0.15) is 0 Å². The number of hydrogen-bond donors (Lipinski definition) is 1. The normalized spacial score (nSPS) is 17.5. The van der Waals surface area contributed by atoms with E-state index in [4.69, 9.17) is 11.6 Å². The highest BCUT2D eigenvalue weighted by Crippen LogP contribution is 2.29. The molecule has 124 valence electrons. The topological polar surface area (TPSA) is 49.4 Å². The van der Waals surface area contributed by atoms with Crippen LogP contribution in [0, 0.1) is 6.92 Å². The molecular weight excluding hydrogens is 324 g/mol. The molecule has 1 heterocycles. The number of amides is 2. The van der Waals surface area contributed by atoms with Crippen LogP contribution in [0.4, 0.5) is 11.4 Å². The van der Waals surface area contributed by atoms with Crippen molar-refractivity contribution in [3.63, 3.8) is 0 Å². The Morgan fingerprint density at radius 3 is 2.50 bits per heavy atom. The number of nitrogens with zero attached hydrogens (tertiary/aromatic N) is 1. The number of hydrogen-bond acceptors (Lipinski definition) is 3. The Morgan fingerprint density at radius 2 is 1.88 bits per heavy atom. The average Bonchev–Trinajstić information content (AvgIpc) is 2.83. The van der Waals surface area contributed by atoms with E-state index in [1.54, 1.807) is 18.2 Å². The summed E-state index contributed by atoms with van der Waals surface area (Å²) in [5.41, 5.74) is 3.47. The van der Waals surface area contributed by atoms with E-state index in [-0.39, 0.29) is 18.2 Å². The number of halogens is 1. The second-order valence-electron chi connectivity index (χ2n) is 5.95. The molecule has 0 unspecified atom stereocenters. The van der Waals surface area contributed by atoms with Crippen molar-refractivity contribution in [1.82, 2.24) is 0 Å². The summed E-state index contributed by atoms with van der Waals surface area (Å²) in [6, 6.07) is 12.5. The SMILES string of the molecule is CCc1ccc(N[C@H]2CC(=O)N(c3ccc(Cl)cc3C)C2=O)cc1. The molecule has 2 amide bonds. The van der Waals surface area contributed by atoms with Gasteiger partial charge in [-0.1, -0.05) is 30.7 Å². The van der Waals surface area contributed by atoms with Crippen molar-refractivity contribution in [3.8, 4) is 0 Å². The molecule has 1 N–H and O–H groups in total. The number of aryl methyl sites for hydroxylation is 2. The van der Waals surface area contributed by atoms with Crippen molar-refractivity contribution in [2.45, 2.75) is 32.7 Å². The average molecular weight is 343 g/mol. The molecule has 1 saturated heterocycles. The van der Waals surface area contributed by atoms with Crippen LogP contribution in [0.3, 0.4) is 0 Å². The number of carbonyl (C=O) groups excluding carboxylic acids is 2. The fourth-order valence-electron chi connectivity index (χ4n) is 2.91. The number of nitrogens with one attached hydrogen (secondary N) is 1. The summed E-state index contributed by atoms with van der Waals surface area (Å²) in [6.45, 7) is 3.93. The third kappa shape index (κ3) is 3.15. The monoisotopic (exact) mass is 342 g/mol. The van der Waals surface area contributed by atoms with Gasteiger partial charge in [-0.15, -0.1) is 0 Å². The lowest BCUT2D eigenvalue weighted by molar-refractivity contribution is -0.121.